The van der Waals surface area contributed by atoms with E-state index in [1.54, 1.807) is 6.92 Å². The smallest absolute Gasteiger partial charge is 0.253 e. The van der Waals surface area contributed by atoms with Crippen molar-refractivity contribution < 1.29 is 9.53 Å². The Hall–Kier alpha value is -1.39. The molecule has 1 aromatic carbocycles. The van der Waals surface area contributed by atoms with Gasteiger partial charge in [0.25, 0.3) is 5.91 Å². The highest BCUT2D eigenvalue weighted by Gasteiger charge is 2.20. The van der Waals surface area contributed by atoms with E-state index < -0.39 is 6.10 Å². The number of nitrogens with two attached hydrogens (primary N) is 1. The molecule has 18 heavy (non-hydrogen) atoms. The van der Waals surface area contributed by atoms with E-state index in [2.05, 4.69) is 5.32 Å². The van der Waals surface area contributed by atoms with Gasteiger partial charge < -0.3 is 15.8 Å². The molecule has 1 amide bonds. The molecule has 0 fully saturated rings. The van der Waals surface area contributed by atoms with Gasteiger partial charge in [0.05, 0.1) is 6.61 Å². The summed E-state index contributed by atoms with van der Waals surface area (Å²) in [5.41, 5.74) is 6.34. The van der Waals surface area contributed by atoms with Crippen molar-refractivity contribution in [3.8, 4) is 0 Å². The predicted molar refractivity (Wildman–Crippen MR) is 73.4 cm³/mol. The number of para-hydroxylation sites is 1. The van der Waals surface area contributed by atoms with Crippen LogP contribution in [0.1, 0.15) is 27.2 Å². The van der Waals surface area contributed by atoms with Gasteiger partial charge in [0, 0.05) is 11.2 Å². The lowest BCUT2D eigenvalue weighted by Crippen LogP contribution is -2.43. The Morgan fingerprint density at radius 3 is 2.61 bits per heavy atom. The summed E-state index contributed by atoms with van der Waals surface area (Å²) in [6.45, 7) is 6.00. The fourth-order valence-corrected chi connectivity index (χ4v) is 1.26. The molecule has 0 aliphatic carbocycles. The molecular weight excluding hydrogens is 228 g/mol. The van der Waals surface area contributed by atoms with Gasteiger partial charge in [0.15, 0.2) is 0 Å². The van der Waals surface area contributed by atoms with Gasteiger partial charge in [0.1, 0.15) is 6.10 Å². The minimum absolute atomic E-state index is 0.159. The van der Waals surface area contributed by atoms with Crippen LogP contribution >= 0.6 is 0 Å². The maximum atomic E-state index is 11.8. The molecule has 0 aliphatic heterocycles. The molecule has 3 N–H and O–H groups in total. The first-order chi connectivity index (χ1) is 8.44. The van der Waals surface area contributed by atoms with Crippen LogP contribution in [-0.4, -0.2) is 24.2 Å². The summed E-state index contributed by atoms with van der Waals surface area (Å²) in [5.74, 6) is -0.159. The first-order valence-corrected chi connectivity index (χ1v) is 6.21. The van der Waals surface area contributed by atoms with E-state index in [1.165, 1.54) is 0 Å². The molecule has 2 atom stereocenters. The highest BCUT2D eigenvalue weighted by atomic mass is 16.5. The van der Waals surface area contributed by atoms with Crippen molar-refractivity contribution in [3.63, 3.8) is 0 Å². The Labute approximate surface area is 109 Å². The molecule has 0 heterocycles. The van der Waals surface area contributed by atoms with Crippen molar-refractivity contribution in [2.24, 2.45) is 5.73 Å². The molecule has 1 aromatic rings. The van der Waals surface area contributed by atoms with Crippen molar-refractivity contribution in [2.45, 2.75) is 38.8 Å². The van der Waals surface area contributed by atoms with Crippen LogP contribution in [0.2, 0.25) is 0 Å². The second kappa shape index (κ2) is 6.52. The third-order valence-corrected chi connectivity index (χ3v) is 2.88. The Kier molecular flexibility index (Phi) is 5.31. The SMILES string of the molecule is CCC(C)(N)COC(C)C(=O)Nc1ccccc1. The lowest BCUT2D eigenvalue weighted by Gasteiger charge is -2.24. The van der Waals surface area contributed by atoms with Gasteiger partial charge in [-0.1, -0.05) is 25.1 Å². The average Bonchev–Trinajstić information content (AvgIpc) is 2.37. The second-order valence-electron chi connectivity index (χ2n) is 4.82. The number of nitrogens with one attached hydrogen (secondary N) is 1. The summed E-state index contributed by atoms with van der Waals surface area (Å²) in [7, 11) is 0. The number of ether oxygens (including phenoxy) is 1. The number of hydrogen-bond donors (Lipinski definition) is 2. The number of anilines is 1. The molecule has 4 heteroatoms. The third kappa shape index (κ3) is 4.85. The zero-order valence-corrected chi connectivity index (χ0v) is 11.3. The Balaban J connectivity index is 2.43. The van der Waals surface area contributed by atoms with E-state index in [9.17, 15) is 4.79 Å². The van der Waals surface area contributed by atoms with E-state index in [0.717, 1.165) is 12.1 Å². The normalized spacial score (nSPS) is 15.8. The standard InChI is InChI=1S/C14H22N2O2/c1-4-14(3,15)10-18-11(2)13(17)16-12-8-6-5-7-9-12/h5-9,11H,4,10,15H2,1-3H3,(H,16,17). The first-order valence-electron chi connectivity index (χ1n) is 6.21. The van der Waals surface area contributed by atoms with Gasteiger partial charge in [-0.05, 0) is 32.4 Å². The van der Waals surface area contributed by atoms with Crippen molar-refractivity contribution in [3.05, 3.63) is 30.3 Å². The van der Waals surface area contributed by atoms with Gasteiger partial charge in [-0.3, -0.25) is 4.79 Å². The van der Waals surface area contributed by atoms with Crippen molar-refractivity contribution >= 4 is 11.6 Å². The molecule has 0 aliphatic rings. The molecule has 0 spiro atoms. The molecule has 0 aromatic heterocycles. The van der Waals surface area contributed by atoms with E-state index in [1.807, 2.05) is 44.2 Å². The number of benzene rings is 1. The van der Waals surface area contributed by atoms with Gasteiger partial charge in [-0.25, -0.2) is 0 Å². The zero-order valence-electron chi connectivity index (χ0n) is 11.3. The summed E-state index contributed by atoms with van der Waals surface area (Å²) in [5, 5.41) is 2.79. The van der Waals surface area contributed by atoms with Crippen LogP contribution in [0.15, 0.2) is 30.3 Å². The summed E-state index contributed by atoms with van der Waals surface area (Å²) < 4.78 is 5.49. The van der Waals surface area contributed by atoms with Gasteiger partial charge in [-0.2, -0.15) is 0 Å². The third-order valence-electron chi connectivity index (χ3n) is 2.88. The van der Waals surface area contributed by atoms with Crippen LogP contribution in [-0.2, 0) is 9.53 Å². The fraction of sp³-hybridized carbons (Fsp3) is 0.500. The molecule has 1 rings (SSSR count). The van der Waals surface area contributed by atoms with E-state index in [-0.39, 0.29) is 11.4 Å². The van der Waals surface area contributed by atoms with Crippen LogP contribution in [0.25, 0.3) is 0 Å². The van der Waals surface area contributed by atoms with E-state index in [4.69, 9.17) is 10.5 Å². The molecule has 0 radical (unpaired) electrons. The molecule has 0 bridgehead atoms. The monoisotopic (exact) mass is 250 g/mol. The molecule has 0 saturated heterocycles. The number of carbonyl (C=O) groups excluding carboxylic acids is 1. The van der Waals surface area contributed by atoms with E-state index in [0.29, 0.717) is 6.61 Å². The Bertz CT molecular complexity index is 377. The zero-order chi connectivity index (χ0) is 13.6. The van der Waals surface area contributed by atoms with Crippen molar-refractivity contribution in [1.29, 1.82) is 0 Å². The van der Waals surface area contributed by atoms with Gasteiger partial charge >= 0.3 is 0 Å². The highest BCUT2D eigenvalue weighted by Crippen LogP contribution is 2.09. The number of hydrogen-bond acceptors (Lipinski definition) is 3. The lowest BCUT2D eigenvalue weighted by molar-refractivity contribution is -0.127. The molecule has 0 saturated carbocycles. The first kappa shape index (κ1) is 14.7. The quantitative estimate of drug-likeness (QED) is 0.813. The maximum Gasteiger partial charge on any atom is 0.253 e. The predicted octanol–water partition coefficient (Wildman–Crippen LogP) is 2.16. The van der Waals surface area contributed by atoms with Crippen molar-refractivity contribution in [2.75, 3.05) is 11.9 Å². The minimum atomic E-state index is -0.514. The molecule has 100 valence electrons. The largest absolute Gasteiger partial charge is 0.367 e. The van der Waals surface area contributed by atoms with Crippen LogP contribution in [0, 0.1) is 0 Å². The van der Waals surface area contributed by atoms with Crippen LogP contribution in [0.5, 0.6) is 0 Å². The second-order valence-corrected chi connectivity index (χ2v) is 4.82. The number of amides is 1. The maximum absolute atomic E-state index is 11.8. The summed E-state index contributed by atoms with van der Waals surface area (Å²) in [4.78, 5) is 11.8. The Morgan fingerprint density at radius 2 is 2.06 bits per heavy atom. The van der Waals surface area contributed by atoms with Crippen LogP contribution in [0.4, 0.5) is 5.69 Å². The van der Waals surface area contributed by atoms with Crippen molar-refractivity contribution in [1.82, 2.24) is 0 Å². The lowest BCUT2D eigenvalue weighted by atomic mass is 10.0. The minimum Gasteiger partial charge on any atom is -0.367 e. The van der Waals surface area contributed by atoms with E-state index >= 15 is 0 Å². The number of carbonyl (C=O) groups is 1. The molecule has 4 nitrogen and oxygen atoms in total. The van der Waals surface area contributed by atoms with Crippen LogP contribution in [0.3, 0.4) is 0 Å². The highest BCUT2D eigenvalue weighted by molar-refractivity contribution is 5.93. The van der Waals surface area contributed by atoms with Crippen LogP contribution < -0.4 is 11.1 Å². The molecular formula is C14H22N2O2. The van der Waals surface area contributed by atoms with Gasteiger partial charge in [-0.15, -0.1) is 0 Å². The van der Waals surface area contributed by atoms with Gasteiger partial charge in [0.2, 0.25) is 0 Å². The topological polar surface area (TPSA) is 64.3 Å². The molecule has 2 unspecified atom stereocenters. The summed E-state index contributed by atoms with van der Waals surface area (Å²) >= 11 is 0. The summed E-state index contributed by atoms with van der Waals surface area (Å²) in [6.07, 6.45) is 0.291. The fourth-order valence-electron chi connectivity index (χ4n) is 1.26. The average molecular weight is 250 g/mol. The Morgan fingerprint density at radius 1 is 1.44 bits per heavy atom. The number of rotatable bonds is 6. The summed E-state index contributed by atoms with van der Waals surface area (Å²) in [6, 6.07) is 9.31.